The number of Topliss-reactive ketones (excluding diaryl/α,β-unsaturated/α-hetero) is 1. The maximum absolute atomic E-state index is 12.3. The van der Waals surface area contributed by atoms with Crippen LogP contribution in [-0.4, -0.2) is 16.3 Å². The fraction of sp³-hybridized carbons (Fsp3) is 0.538. The number of halogens is 1. The van der Waals surface area contributed by atoms with Crippen LogP contribution in [0.5, 0.6) is 0 Å². The van der Waals surface area contributed by atoms with E-state index < -0.39 is 11.0 Å². The number of nitrogens with zero attached hydrogens (tertiary/aromatic N) is 1. The van der Waals surface area contributed by atoms with Gasteiger partial charge in [-0.3, -0.25) is 9.78 Å². The molecule has 17 heavy (non-hydrogen) atoms. The van der Waals surface area contributed by atoms with Gasteiger partial charge in [-0.25, -0.2) is 0 Å². The third-order valence-electron chi connectivity index (χ3n) is 3.43. The summed E-state index contributed by atoms with van der Waals surface area (Å²) in [6.07, 6.45) is 3.77. The molecule has 0 saturated carbocycles. The lowest BCUT2D eigenvalue weighted by Gasteiger charge is -2.37. The SMILES string of the molecule is CC(C)(N)C(C)(C)C(=O)Cc1cncc(Br)c1. The second kappa shape index (κ2) is 4.86. The minimum Gasteiger partial charge on any atom is -0.325 e. The monoisotopic (exact) mass is 298 g/mol. The van der Waals surface area contributed by atoms with E-state index in [-0.39, 0.29) is 5.78 Å². The van der Waals surface area contributed by atoms with Crippen LogP contribution in [0, 0.1) is 5.41 Å². The van der Waals surface area contributed by atoms with Crippen molar-refractivity contribution in [3.63, 3.8) is 0 Å². The maximum atomic E-state index is 12.3. The second-order valence-corrected chi connectivity index (χ2v) is 6.37. The third kappa shape index (κ3) is 3.36. The van der Waals surface area contributed by atoms with Crippen LogP contribution in [0.3, 0.4) is 0 Å². The first-order valence-electron chi connectivity index (χ1n) is 5.56. The Hall–Kier alpha value is -0.740. The van der Waals surface area contributed by atoms with Crippen LogP contribution in [0.25, 0.3) is 0 Å². The molecule has 0 fully saturated rings. The largest absolute Gasteiger partial charge is 0.325 e. The van der Waals surface area contributed by atoms with Crippen molar-refractivity contribution in [3.8, 4) is 0 Å². The molecule has 0 atom stereocenters. The fourth-order valence-electron chi connectivity index (χ4n) is 1.32. The van der Waals surface area contributed by atoms with Gasteiger partial charge in [0, 0.05) is 34.2 Å². The van der Waals surface area contributed by atoms with Crippen LogP contribution in [0.2, 0.25) is 0 Å². The van der Waals surface area contributed by atoms with Gasteiger partial charge < -0.3 is 5.73 Å². The van der Waals surface area contributed by atoms with E-state index in [1.807, 2.05) is 33.8 Å². The number of carbonyl (C=O) groups is 1. The number of hydrogen-bond donors (Lipinski definition) is 1. The quantitative estimate of drug-likeness (QED) is 0.930. The average Bonchev–Trinajstić information content (AvgIpc) is 2.15. The molecule has 1 aromatic heterocycles. The van der Waals surface area contributed by atoms with Crippen LogP contribution < -0.4 is 5.73 Å². The number of aromatic nitrogens is 1. The van der Waals surface area contributed by atoms with Gasteiger partial charge in [0.05, 0.1) is 0 Å². The highest BCUT2D eigenvalue weighted by molar-refractivity contribution is 9.10. The lowest BCUT2D eigenvalue weighted by Crippen LogP contribution is -2.52. The molecular weight excluding hydrogens is 280 g/mol. The van der Waals surface area contributed by atoms with Crippen LogP contribution in [-0.2, 0) is 11.2 Å². The number of nitrogens with two attached hydrogens (primary N) is 1. The van der Waals surface area contributed by atoms with Crippen LogP contribution >= 0.6 is 15.9 Å². The van der Waals surface area contributed by atoms with E-state index in [9.17, 15) is 4.79 Å². The summed E-state index contributed by atoms with van der Waals surface area (Å²) in [5.41, 5.74) is 5.86. The van der Waals surface area contributed by atoms with Gasteiger partial charge in [-0.2, -0.15) is 0 Å². The summed E-state index contributed by atoms with van der Waals surface area (Å²) in [6, 6.07) is 1.91. The molecular formula is C13H19BrN2O. The van der Waals surface area contributed by atoms with E-state index in [0.29, 0.717) is 6.42 Å². The van der Waals surface area contributed by atoms with Crippen molar-refractivity contribution >= 4 is 21.7 Å². The van der Waals surface area contributed by atoms with Crippen molar-refractivity contribution in [1.29, 1.82) is 0 Å². The second-order valence-electron chi connectivity index (χ2n) is 5.46. The molecule has 0 spiro atoms. The van der Waals surface area contributed by atoms with Gasteiger partial charge in [-0.05, 0) is 41.4 Å². The lowest BCUT2D eigenvalue weighted by molar-refractivity contribution is -0.129. The Kier molecular flexibility index (Phi) is 4.10. The highest BCUT2D eigenvalue weighted by Gasteiger charge is 2.39. The summed E-state index contributed by atoms with van der Waals surface area (Å²) in [7, 11) is 0. The third-order valence-corrected chi connectivity index (χ3v) is 3.87. The van der Waals surface area contributed by atoms with E-state index in [4.69, 9.17) is 5.73 Å². The van der Waals surface area contributed by atoms with Crippen LogP contribution in [0.15, 0.2) is 22.9 Å². The molecule has 0 aliphatic heterocycles. The standard InChI is InChI=1S/C13H19BrN2O/c1-12(2,13(3,4)15)11(17)6-9-5-10(14)8-16-7-9/h5,7-8H,6,15H2,1-4H3. The van der Waals surface area contributed by atoms with Gasteiger partial charge >= 0.3 is 0 Å². The molecule has 3 nitrogen and oxygen atoms in total. The normalized spacial score (nSPS) is 12.6. The molecule has 0 saturated heterocycles. The van der Waals surface area contributed by atoms with Crippen molar-refractivity contribution in [1.82, 2.24) is 4.98 Å². The molecule has 4 heteroatoms. The number of carbonyl (C=O) groups excluding carboxylic acids is 1. The highest BCUT2D eigenvalue weighted by atomic mass is 79.9. The number of pyridine rings is 1. The minimum atomic E-state index is -0.560. The molecule has 0 bridgehead atoms. The molecule has 1 aromatic rings. The average molecular weight is 299 g/mol. The molecule has 1 rings (SSSR count). The summed E-state index contributed by atoms with van der Waals surface area (Å²) in [6.45, 7) is 7.54. The topological polar surface area (TPSA) is 56.0 Å². The van der Waals surface area contributed by atoms with Gasteiger partial charge in [-0.15, -0.1) is 0 Å². The number of rotatable bonds is 4. The molecule has 0 aliphatic carbocycles. The summed E-state index contributed by atoms with van der Waals surface area (Å²) in [4.78, 5) is 16.3. The van der Waals surface area contributed by atoms with Crippen LogP contribution in [0.1, 0.15) is 33.3 Å². The molecule has 0 amide bonds. The Morgan fingerprint density at radius 1 is 1.35 bits per heavy atom. The zero-order chi connectivity index (χ0) is 13.3. The summed E-state index contributed by atoms with van der Waals surface area (Å²) in [5, 5.41) is 0. The molecule has 0 aliphatic rings. The first-order valence-corrected chi connectivity index (χ1v) is 6.35. The number of ketones is 1. The molecule has 0 radical (unpaired) electrons. The highest BCUT2D eigenvalue weighted by Crippen LogP contribution is 2.30. The molecule has 2 N–H and O–H groups in total. The summed E-state index contributed by atoms with van der Waals surface area (Å²) in [5.74, 6) is 0.130. The van der Waals surface area contributed by atoms with Crippen LogP contribution in [0.4, 0.5) is 0 Å². The smallest absolute Gasteiger partial charge is 0.144 e. The van der Waals surface area contributed by atoms with Crippen molar-refractivity contribution in [2.45, 2.75) is 39.7 Å². The molecule has 1 heterocycles. The van der Waals surface area contributed by atoms with Gasteiger partial charge in [0.15, 0.2) is 0 Å². The van der Waals surface area contributed by atoms with E-state index in [0.717, 1.165) is 10.0 Å². The Labute approximate surface area is 111 Å². The predicted molar refractivity (Wildman–Crippen MR) is 72.7 cm³/mol. The molecule has 0 unspecified atom stereocenters. The van der Waals surface area contributed by atoms with Gasteiger partial charge in [0.25, 0.3) is 0 Å². The summed E-state index contributed by atoms with van der Waals surface area (Å²) < 4.78 is 0.882. The summed E-state index contributed by atoms with van der Waals surface area (Å²) >= 11 is 3.34. The Bertz CT molecular complexity index is 422. The maximum Gasteiger partial charge on any atom is 0.144 e. The van der Waals surface area contributed by atoms with E-state index >= 15 is 0 Å². The molecule has 0 aromatic carbocycles. The molecule has 94 valence electrons. The van der Waals surface area contributed by atoms with Gasteiger partial charge in [0.1, 0.15) is 5.78 Å². The Morgan fingerprint density at radius 3 is 2.41 bits per heavy atom. The number of hydrogen-bond acceptors (Lipinski definition) is 3. The van der Waals surface area contributed by atoms with E-state index in [1.54, 1.807) is 12.4 Å². The van der Waals surface area contributed by atoms with Gasteiger partial charge in [-0.1, -0.05) is 13.8 Å². The van der Waals surface area contributed by atoms with E-state index in [2.05, 4.69) is 20.9 Å². The fourth-order valence-corrected chi connectivity index (χ4v) is 1.73. The first kappa shape index (κ1) is 14.3. The minimum absolute atomic E-state index is 0.130. The van der Waals surface area contributed by atoms with Crippen molar-refractivity contribution < 1.29 is 4.79 Å². The van der Waals surface area contributed by atoms with Crippen molar-refractivity contribution in [3.05, 3.63) is 28.5 Å². The Balaban J connectivity index is 2.87. The Morgan fingerprint density at radius 2 is 1.94 bits per heavy atom. The lowest BCUT2D eigenvalue weighted by atomic mass is 9.71. The zero-order valence-corrected chi connectivity index (χ0v) is 12.3. The van der Waals surface area contributed by atoms with Gasteiger partial charge in [0.2, 0.25) is 0 Å². The predicted octanol–water partition coefficient (Wildman–Crippen LogP) is 2.72. The van der Waals surface area contributed by atoms with Crippen molar-refractivity contribution in [2.24, 2.45) is 11.1 Å². The zero-order valence-electron chi connectivity index (χ0n) is 10.7. The first-order chi connectivity index (χ1) is 7.64. The van der Waals surface area contributed by atoms with E-state index in [1.165, 1.54) is 0 Å². The van der Waals surface area contributed by atoms with Crippen molar-refractivity contribution in [2.75, 3.05) is 0 Å².